The van der Waals surface area contributed by atoms with Crippen molar-refractivity contribution in [3.8, 4) is 0 Å². The van der Waals surface area contributed by atoms with Gasteiger partial charge in [0.1, 0.15) is 5.58 Å². The topological polar surface area (TPSA) is 73.9 Å². The minimum Gasteiger partial charge on any atom is -0.475 e. The van der Waals surface area contributed by atoms with Gasteiger partial charge in [0.15, 0.2) is 0 Å². The maximum atomic E-state index is 11.2. The van der Waals surface area contributed by atoms with Crippen LogP contribution in [0, 0.1) is 6.92 Å². The molecule has 114 valence electrons. The van der Waals surface area contributed by atoms with Crippen molar-refractivity contribution in [3.63, 3.8) is 0 Å². The van der Waals surface area contributed by atoms with Crippen molar-refractivity contribution in [2.24, 2.45) is 0 Å². The molecule has 2 N–H and O–H groups in total. The highest BCUT2D eigenvalue weighted by molar-refractivity contribution is 5.96. The van der Waals surface area contributed by atoms with Gasteiger partial charge in [-0.05, 0) is 32.0 Å². The molecule has 0 amide bonds. The first-order chi connectivity index (χ1) is 9.97. The molecule has 0 unspecified atom stereocenters. The zero-order valence-corrected chi connectivity index (χ0v) is 12.6. The van der Waals surface area contributed by atoms with Crippen molar-refractivity contribution in [2.75, 3.05) is 20.2 Å². The Morgan fingerprint density at radius 3 is 2.67 bits per heavy atom. The maximum Gasteiger partial charge on any atom is 0.372 e. The number of carboxylic acids is 1. The number of aliphatic hydroxyl groups is 1. The molecule has 21 heavy (non-hydrogen) atoms. The zero-order valence-electron chi connectivity index (χ0n) is 12.6. The van der Waals surface area contributed by atoms with E-state index in [9.17, 15) is 9.90 Å². The lowest BCUT2D eigenvalue weighted by Crippen LogP contribution is -2.21. The van der Waals surface area contributed by atoms with Crippen molar-refractivity contribution in [3.05, 3.63) is 34.6 Å². The van der Waals surface area contributed by atoms with Gasteiger partial charge in [-0.25, -0.2) is 4.79 Å². The van der Waals surface area contributed by atoms with Gasteiger partial charge in [-0.2, -0.15) is 0 Å². The molecule has 0 spiro atoms. The molecule has 0 atom stereocenters. The van der Waals surface area contributed by atoms with Gasteiger partial charge in [0.2, 0.25) is 5.76 Å². The van der Waals surface area contributed by atoms with Crippen LogP contribution in [0.5, 0.6) is 0 Å². The summed E-state index contributed by atoms with van der Waals surface area (Å²) in [5.74, 6) is -1.04. The largest absolute Gasteiger partial charge is 0.475 e. The molecule has 5 heteroatoms. The van der Waals surface area contributed by atoms with Crippen LogP contribution in [0.3, 0.4) is 0 Å². The first-order valence-electron chi connectivity index (χ1n) is 7.05. The van der Waals surface area contributed by atoms with E-state index in [1.165, 1.54) is 0 Å². The Labute approximate surface area is 123 Å². The molecule has 0 radical (unpaired) electrons. The first-order valence-corrected chi connectivity index (χ1v) is 7.05. The Morgan fingerprint density at radius 1 is 1.38 bits per heavy atom. The van der Waals surface area contributed by atoms with Crippen molar-refractivity contribution in [1.82, 2.24) is 4.90 Å². The number of aromatic carboxylic acids is 1. The fourth-order valence-electron chi connectivity index (χ4n) is 2.52. The number of fused-ring (bicyclic) bond motifs is 1. The van der Waals surface area contributed by atoms with Crippen LogP contribution in [0.25, 0.3) is 11.0 Å². The average Bonchev–Trinajstić information content (AvgIpc) is 2.77. The van der Waals surface area contributed by atoms with Crippen molar-refractivity contribution >= 4 is 16.9 Å². The Balaban J connectivity index is 2.56. The number of hydrogen-bond acceptors (Lipinski definition) is 4. The number of carboxylic acid groups (broad SMARTS) is 1. The summed E-state index contributed by atoms with van der Waals surface area (Å²) < 4.78 is 5.58. The van der Waals surface area contributed by atoms with E-state index in [4.69, 9.17) is 9.52 Å². The van der Waals surface area contributed by atoms with Crippen LogP contribution in [0.15, 0.2) is 16.5 Å². The van der Waals surface area contributed by atoms with Gasteiger partial charge in [0, 0.05) is 29.6 Å². The Kier molecular flexibility index (Phi) is 4.65. The van der Waals surface area contributed by atoms with E-state index in [1.54, 1.807) is 6.92 Å². The lowest BCUT2D eigenvalue weighted by atomic mass is 10.0. The van der Waals surface area contributed by atoms with Crippen LogP contribution in [0.2, 0.25) is 0 Å². The number of carbonyl (C=O) groups is 1. The summed E-state index contributed by atoms with van der Waals surface area (Å²) in [5.41, 5.74) is 3.40. The summed E-state index contributed by atoms with van der Waals surface area (Å²) >= 11 is 0. The van der Waals surface area contributed by atoms with E-state index >= 15 is 0 Å². The van der Waals surface area contributed by atoms with Gasteiger partial charge in [0.05, 0.1) is 6.61 Å². The second-order valence-corrected chi connectivity index (χ2v) is 5.31. The first kappa shape index (κ1) is 15.5. The summed E-state index contributed by atoms with van der Waals surface area (Å²) in [5, 5.41) is 19.1. The number of hydrogen-bond donors (Lipinski definition) is 2. The van der Waals surface area contributed by atoms with Crippen LogP contribution in [-0.2, 0) is 13.0 Å². The molecule has 2 rings (SSSR count). The Morgan fingerprint density at radius 2 is 2.10 bits per heavy atom. The minimum atomic E-state index is -1.04. The monoisotopic (exact) mass is 291 g/mol. The van der Waals surface area contributed by atoms with E-state index in [-0.39, 0.29) is 12.4 Å². The Hall–Kier alpha value is -1.85. The lowest BCUT2D eigenvalue weighted by Gasteiger charge is -2.16. The molecule has 0 aliphatic carbocycles. The molecule has 0 aliphatic rings. The van der Waals surface area contributed by atoms with Gasteiger partial charge in [0.25, 0.3) is 0 Å². The number of benzene rings is 1. The molecule has 0 bridgehead atoms. The van der Waals surface area contributed by atoms with Crippen LogP contribution >= 0.6 is 0 Å². The van der Waals surface area contributed by atoms with Crippen LogP contribution in [0.1, 0.15) is 34.2 Å². The van der Waals surface area contributed by atoms with E-state index in [1.807, 2.05) is 24.1 Å². The highest BCUT2D eigenvalue weighted by atomic mass is 16.4. The number of furan rings is 1. The molecule has 2 aromatic rings. The molecule has 1 aromatic heterocycles. The number of nitrogens with zero attached hydrogens (tertiary/aromatic N) is 1. The third-order valence-corrected chi connectivity index (χ3v) is 3.70. The summed E-state index contributed by atoms with van der Waals surface area (Å²) in [4.78, 5) is 13.2. The van der Waals surface area contributed by atoms with Crippen LogP contribution < -0.4 is 0 Å². The fraction of sp³-hybridized carbons (Fsp3) is 0.438. The maximum absolute atomic E-state index is 11.2. The van der Waals surface area contributed by atoms with Gasteiger partial charge in [-0.15, -0.1) is 0 Å². The number of aryl methyl sites for hydroxylation is 2. The van der Waals surface area contributed by atoms with E-state index < -0.39 is 5.97 Å². The second-order valence-electron chi connectivity index (χ2n) is 5.31. The highest BCUT2D eigenvalue weighted by Gasteiger charge is 2.19. The van der Waals surface area contributed by atoms with Crippen LogP contribution in [-0.4, -0.2) is 41.3 Å². The van der Waals surface area contributed by atoms with Crippen molar-refractivity contribution < 1.29 is 19.4 Å². The summed E-state index contributed by atoms with van der Waals surface area (Å²) in [6.07, 6.45) is 0.875. The van der Waals surface area contributed by atoms with Crippen molar-refractivity contribution in [2.45, 2.75) is 26.8 Å². The second kappa shape index (κ2) is 6.28. The SMILES string of the molecule is CCc1cc(CN(C)CCO)c2oc(C(=O)O)c(C)c2c1. The lowest BCUT2D eigenvalue weighted by molar-refractivity contribution is 0.0664. The smallest absolute Gasteiger partial charge is 0.372 e. The average molecular weight is 291 g/mol. The summed E-state index contributed by atoms with van der Waals surface area (Å²) in [7, 11) is 1.91. The molecular weight excluding hydrogens is 270 g/mol. The predicted octanol–water partition coefficient (Wildman–Crippen LogP) is 2.43. The fourth-order valence-corrected chi connectivity index (χ4v) is 2.52. The molecule has 0 fully saturated rings. The van der Waals surface area contributed by atoms with Gasteiger partial charge < -0.3 is 14.6 Å². The van der Waals surface area contributed by atoms with Gasteiger partial charge in [-0.1, -0.05) is 13.0 Å². The molecule has 5 nitrogen and oxygen atoms in total. The summed E-state index contributed by atoms with van der Waals surface area (Å²) in [6.45, 7) is 5.09. The van der Waals surface area contributed by atoms with Gasteiger partial charge >= 0.3 is 5.97 Å². The number of likely N-dealkylation sites (N-methyl/N-ethyl adjacent to an activating group) is 1. The molecule has 0 saturated heterocycles. The Bertz CT molecular complexity index is 660. The predicted molar refractivity (Wildman–Crippen MR) is 80.7 cm³/mol. The van der Waals surface area contributed by atoms with E-state index in [0.29, 0.717) is 24.2 Å². The van der Waals surface area contributed by atoms with Crippen molar-refractivity contribution in [1.29, 1.82) is 0 Å². The third-order valence-electron chi connectivity index (χ3n) is 3.70. The highest BCUT2D eigenvalue weighted by Crippen LogP contribution is 2.30. The third kappa shape index (κ3) is 3.09. The molecular formula is C16H21NO4. The zero-order chi connectivity index (χ0) is 15.6. The summed E-state index contributed by atoms with van der Waals surface area (Å²) in [6, 6.07) is 4.04. The number of aliphatic hydroxyl groups excluding tert-OH is 1. The van der Waals surface area contributed by atoms with Gasteiger partial charge in [-0.3, -0.25) is 4.90 Å². The standard InChI is InChI=1S/C16H21NO4/c1-4-11-7-12(9-17(3)5-6-18)15-13(8-11)10(2)14(21-15)16(19)20/h7-8,18H,4-6,9H2,1-3H3,(H,19,20). The molecule has 1 heterocycles. The molecule has 0 saturated carbocycles. The van der Waals surface area contributed by atoms with E-state index in [0.717, 1.165) is 22.9 Å². The number of rotatable bonds is 6. The minimum absolute atomic E-state index is 0.00399. The molecule has 1 aromatic carbocycles. The molecule has 0 aliphatic heterocycles. The van der Waals surface area contributed by atoms with E-state index in [2.05, 4.69) is 6.92 Å². The van der Waals surface area contributed by atoms with Crippen LogP contribution in [0.4, 0.5) is 0 Å². The normalized spacial score (nSPS) is 11.5. The quantitative estimate of drug-likeness (QED) is 0.855.